The molecular weight excluding hydrogens is 224 g/mol. The van der Waals surface area contributed by atoms with Crippen molar-refractivity contribution in [3.63, 3.8) is 0 Å². The number of hydrogen-bond donors (Lipinski definition) is 2. The molecule has 0 radical (unpaired) electrons. The number of carbonyl (C=O) groups is 1. The molecule has 0 bridgehead atoms. The van der Waals surface area contributed by atoms with Crippen molar-refractivity contribution in [1.29, 1.82) is 0 Å². The molecule has 3 nitrogen and oxygen atoms in total. The van der Waals surface area contributed by atoms with E-state index in [2.05, 4.69) is 24.5 Å². The van der Waals surface area contributed by atoms with Crippen molar-refractivity contribution in [2.45, 2.75) is 83.3 Å². The van der Waals surface area contributed by atoms with Gasteiger partial charge in [0.1, 0.15) is 0 Å². The first-order valence-corrected chi connectivity index (χ1v) is 7.70. The lowest BCUT2D eigenvalue weighted by Crippen LogP contribution is -2.54. The van der Waals surface area contributed by atoms with Gasteiger partial charge < -0.3 is 10.6 Å². The molecule has 0 spiro atoms. The number of carbonyl (C=O) groups excluding carboxylic acids is 1. The zero-order valence-corrected chi connectivity index (χ0v) is 11.9. The quantitative estimate of drug-likeness (QED) is 0.810. The summed E-state index contributed by atoms with van der Waals surface area (Å²) in [7, 11) is 0. The van der Waals surface area contributed by atoms with E-state index in [0.717, 1.165) is 12.8 Å². The van der Waals surface area contributed by atoms with E-state index in [1.807, 2.05) is 0 Å². The molecule has 1 aliphatic carbocycles. The van der Waals surface area contributed by atoms with Crippen LogP contribution in [-0.4, -0.2) is 24.0 Å². The van der Waals surface area contributed by atoms with Crippen molar-refractivity contribution in [3.8, 4) is 0 Å². The minimum Gasteiger partial charge on any atom is -0.352 e. The van der Waals surface area contributed by atoms with Crippen LogP contribution in [-0.2, 0) is 4.79 Å². The highest BCUT2D eigenvalue weighted by Crippen LogP contribution is 2.26. The molecular formula is C15H28N2O. The predicted octanol–water partition coefficient (Wildman–Crippen LogP) is 2.60. The zero-order valence-electron chi connectivity index (χ0n) is 11.9. The molecule has 0 aromatic heterocycles. The average molecular weight is 252 g/mol. The Labute approximate surface area is 111 Å². The standard InChI is InChI=1S/C15H28N2O/c1-11-8-9-14(12(2)16-11)17-15(18)10-13-6-4-3-5-7-13/h11-14,16H,3-10H2,1-2H3,(H,17,18). The van der Waals surface area contributed by atoms with Crippen LogP contribution in [0.25, 0.3) is 0 Å². The van der Waals surface area contributed by atoms with Gasteiger partial charge in [0, 0.05) is 24.5 Å². The fourth-order valence-electron chi connectivity index (χ4n) is 3.44. The minimum atomic E-state index is 0.273. The molecule has 1 aliphatic heterocycles. The van der Waals surface area contributed by atoms with Gasteiger partial charge in [0.15, 0.2) is 0 Å². The van der Waals surface area contributed by atoms with Crippen LogP contribution in [0.15, 0.2) is 0 Å². The Bertz CT molecular complexity index is 274. The number of hydrogen-bond acceptors (Lipinski definition) is 2. The van der Waals surface area contributed by atoms with E-state index in [1.165, 1.54) is 38.5 Å². The molecule has 3 unspecified atom stereocenters. The maximum Gasteiger partial charge on any atom is 0.220 e. The Morgan fingerprint density at radius 2 is 1.83 bits per heavy atom. The lowest BCUT2D eigenvalue weighted by molar-refractivity contribution is -0.123. The Hall–Kier alpha value is -0.570. The molecule has 2 rings (SSSR count). The highest BCUT2D eigenvalue weighted by atomic mass is 16.1. The van der Waals surface area contributed by atoms with E-state index >= 15 is 0 Å². The van der Waals surface area contributed by atoms with Gasteiger partial charge in [-0.2, -0.15) is 0 Å². The zero-order chi connectivity index (χ0) is 13.0. The van der Waals surface area contributed by atoms with E-state index in [9.17, 15) is 4.79 Å². The average Bonchev–Trinajstić information content (AvgIpc) is 2.34. The molecule has 0 aromatic rings. The Balaban J connectivity index is 1.73. The van der Waals surface area contributed by atoms with Crippen LogP contribution >= 0.6 is 0 Å². The fourth-order valence-corrected chi connectivity index (χ4v) is 3.44. The molecule has 3 atom stereocenters. The van der Waals surface area contributed by atoms with E-state index in [4.69, 9.17) is 0 Å². The molecule has 1 saturated heterocycles. The number of rotatable bonds is 3. The van der Waals surface area contributed by atoms with Gasteiger partial charge in [-0.15, -0.1) is 0 Å². The largest absolute Gasteiger partial charge is 0.352 e. The SMILES string of the molecule is CC1CCC(NC(=O)CC2CCCCC2)C(C)N1. The first kappa shape index (κ1) is 13.9. The van der Waals surface area contributed by atoms with Crippen LogP contribution in [0.3, 0.4) is 0 Å². The molecule has 1 heterocycles. The lowest BCUT2D eigenvalue weighted by Gasteiger charge is -2.35. The Morgan fingerprint density at radius 3 is 2.50 bits per heavy atom. The summed E-state index contributed by atoms with van der Waals surface area (Å²) in [6.45, 7) is 4.40. The molecule has 1 amide bonds. The number of nitrogens with one attached hydrogen (secondary N) is 2. The molecule has 18 heavy (non-hydrogen) atoms. The van der Waals surface area contributed by atoms with Crippen LogP contribution in [0, 0.1) is 5.92 Å². The minimum absolute atomic E-state index is 0.273. The van der Waals surface area contributed by atoms with Gasteiger partial charge in [-0.3, -0.25) is 4.79 Å². The van der Waals surface area contributed by atoms with Gasteiger partial charge in [-0.25, -0.2) is 0 Å². The summed E-state index contributed by atoms with van der Waals surface area (Å²) >= 11 is 0. The van der Waals surface area contributed by atoms with Crippen molar-refractivity contribution in [3.05, 3.63) is 0 Å². The number of amides is 1. The van der Waals surface area contributed by atoms with Gasteiger partial charge >= 0.3 is 0 Å². The van der Waals surface area contributed by atoms with Crippen LogP contribution in [0.5, 0.6) is 0 Å². The summed E-state index contributed by atoms with van der Waals surface area (Å²) < 4.78 is 0. The third-order valence-corrected chi connectivity index (χ3v) is 4.61. The highest BCUT2D eigenvalue weighted by molar-refractivity contribution is 5.76. The van der Waals surface area contributed by atoms with Crippen molar-refractivity contribution in [1.82, 2.24) is 10.6 Å². The topological polar surface area (TPSA) is 41.1 Å². The highest BCUT2D eigenvalue weighted by Gasteiger charge is 2.26. The molecule has 2 fully saturated rings. The fraction of sp³-hybridized carbons (Fsp3) is 0.933. The lowest BCUT2D eigenvalue weighted by atomic mass is 9.86. The second kappa shape index (κ2) is 6.55. The van der Waals surface area contributed by atoms with E-state index in [0.29, 0.717) is 24.0 Å². The second-order valence-corrected chi connectivity index (χ2v) is 6.32. The first-order chi connectivity index (χ1) is 8.65. The summed E-state index contributed by atoms with van der Waals surface area (Å²) in [4.78, 5) is 12.1. The van der Waals surface area contributed by atoms with Crippen molar-refractivity contribution in [2.24, 2.45) is 5.92 Å². The van der Waals surface area contributed by atoms with E-state index < -0.39 is 0 Å². The predicted molar refractivity (Wildman–Crippen MR) is 74.4 cm³/mol. The molecule has 104 valence electrons. The Kier molecular flexibility index (Phi) is 5.04. The molecule has 0 aromatic carbocycles. The van der Waals surface area contributed by atoms with Crippen LogP contribution in [0.1, 0.15) is 65.2 Å². The maximum absolute atomic E-state index is 12.1. The van der Waals surface area contributed by atoms with Crippen LogP contribution in [0.4, 0.5) is 0 Å². The van der Waals surface area contributed by atoms with E-state index in [1.54, 1.807) is 0 Å². The summed E-state index contributed by atoms with van der Waals surface area (Å²) in [5, 5.41) is 6.76. The van der Waals surface area contributed by atoms with Crippen molar-refractivity contribution < 1.29 is 4.79 Å². The molecule has 2 N–H and O–H groups in total. The Morgan fingerprint density at radius 1 is 1.11 bits per heavy atom. The first-order valence-electron chi connectivity index (χ1n) is 7.70. The van der Waals surface area contributed by atoms with E-state index in [-0.39, 0.29) is 5.91 Å². The molecule has 1 saturated carbocycles. The normalized spacial score (nSPS) is 34.2. The summed E-state index contributed by atoms with van der Waals surface area (Å²) in [6.07, 6.45) is 9.53. The maximum atomic E-state index is 12.1. The molecule has 3 heteroatoms. The summed E-state index contributed by atoms with van der Waals surface area (Å²) in [5.41, 5.74) is 0. The molecule has 2 aliphatic rings. The third-order valence-electron chi connectivity index (χ3n) is 4.61. The van der Waals surface area contributed by atoms with Gasteiger partial charge in [0.2, 0.25) is 5.91 Å². The van der Waals surface area contributed by atoms with Gasteiger partial charge in [-0.1, -0.05) is 19.3 Å². The monoisotopic (exact) mass is 252 g/mol. The third kappa shape index (κ3) is 3.98. The van der Waals surface area contributed by atoms with Crippen LogP contribution in [0.2, 0.25) is 0 Å². The van der Waals surface area contributed by atoms with Gasteiger partial charge in [-0.05, 0) is 45.4 Å². The smallest absolute Gasteiger partial charge is 0.220 e. The number of piperidine rings is 1. The summed E-state index contributed by atoms with van der Waals surface area (Å²) in [6, 6.07) is 1.33. The summed E-state index contributed by atoms with van der Waals surface area (Å²) in [5.74, 6) is 0.916. The van der Waals surface area contributed by atoms with Crippen LogP contribution < -0.4 is 10.6 Å². The van der Waals surface area contributed by atoms with Crippen molar-refractivity contribution in [2.75, 3.05) is 0 Å². The second-order valence-electron chi connectivity index (χ2n) is 6.32. The van der Waals surface area contributed by atoms with Crippen molar-refractivity contribution >= 4 is 5.91 Å². The van der Waals surface area contributed by atoms with Gasteiger partial charge in [0.25, 0.3) is 0 Å². The van der Waals surface area contributed by atoms with Gasteiger partial charge in [0.05, 0.1) is 0 Å².